The number of rotatable bonds is 2. The number of benzene rings is 1. The Bertz CT molecular complexity index is 308. The van der Waals surface area contributed by atoms with Crippen molar-refractivity contribution >= 4 is 12.0 Å². The maximum Gasteiger partial charge on any atom is 0.150 e. The SMILES string of the molecule is COc1cc(C)c(C=O)cc1N. The van der Waals surface area contributed by atoms with Crippen molar-refractivity contribution in [3.05, 3.63) is 23.3 Å². The van der Waals surface area contributed by atoms with Gasteiger partial charge in [-0.15, -0.1) is 0 Å². The third-order valence-corrected chi connectivity index (χ3v) is 1.75. The van der Waals surface area contributed by atoms with Gasteiger partial charge < -0.3 is 10.5 Å². The van der Waals surface area contributed by atoms with Gasteiger partial charge in [-0.05, 0) is 24.6 Å². The number of aldehydes is 1. The minimum atomic E-state index is 0.491. The van der Waals surface area contributed by atoms with E-state index < -0.39 is 0 Å². The van der Waals surface area contributed by atoms with Gasteiger partial charge >= 0.3 is 0 Å². The lowest BCUT2D eigenvalue weighted by Gasteiger charge is -2.06. The molecule has 0 radical (unpaired) electrons. The minimum Gasteiger partial charge on any atom is -0.495 e. The summed E-state index contributed by atoms with van der Waals surface area (Å²) in [5.41, 5.74) is 7.56. The second-order valence-electron chi connectivity index (χ2n) is 2.57. The van der Waals surface area contributed by atoms with Crippen molar-refractivity contribution in [1.29, 1.82) is 0 Å². The zero-order valence-corrected chi connectivity index (χ0v) is 7.13. The average molecular weight is 165 g/mol. The molecule has 0 aliphatic heterocycles. The zero-order valence-electron chi connectivity index (χ0n) is 7.13. The lowest BCUT2D eigenvalue weighted by molar-refractivity contribution is 0.112. The maximum absolute atomic E-state index is 10.5. The molecule has 3 heteroatoms. The Balaban J connectivity index is 3.25. The molecule has 64 valence electrons. The molecule has 0 heterocycles. The fraction of sp³-hybridized carbons (Fsp3) is 0.222. The molecule has 1 aromatic carbocycles. The molecule has 0 amide bonds. The summed E-state index contributed by atoms with van der Waals surface area (Å²) in [6.45, 7) is 1.84. The Morgan fingerprint density at radius 1 is 1.50 bits per heavy atom. The fourth-order valence-electron chi connectivity index (χ4n) is 1.02. The van der Waals surface area contributed by atoms with Crippen LogP contribution in [0.4, 0.5) is 5.69 Å². The lowest BCUT2D eigenvalue weighted by Crippen LogP contribution is -1.96. The predicted octanol–water partition coefficient (Wildman–Crippen LogP) is 1.40. The summed E-state index contributed by atoms with van der Waals surface area (Å²) in [6.07, 6.45) is 0.783. The predicted molar refractivity (Wildman–Crippen MR) is 47.5 cm³/mol. The Morgan fingerprint density at radius 2 is 2.17 bits per heavy atom. The van der Waals surface area contributed by atoms with Gasteiger partial charge in [-0.25, -0.2) is 0 Å². The molecule has 0 saturated carbocycles. The number of carbonyl (C=O) groups excluding carboxylic acids is 1. The molecule has 3 nitrogen and oxygen atoms in total. The van der Waals surface area contributed by atoms with Gasteiger partial charge in [-0.2, -0.15) is 0 Å². The average Bonchev–Trinajstić information content (AvgIpc) is 2.08. The van der Waals surface area contributed by atoms with Gasteiger partial charge in [0, 0.05) is 5.56 Å². The number of carbonyl (C=O) groups is 1. The van der Waals surface area contributed by atoms with Gasteiger partial charge in [-0.1, -0.05) is 0 Å². The van der Waals surface area contributed by atoms with Gasteiger partial charge in [0.1, 0.15) is 12.0 Å². The van der Waals surface area contributed by atoms with E-state index in [4.69, 9.17) is 10.5 Å². The maximum atomic E-state index is 10.5. The Labute approximate surface area is 71.1 Å². The normalized spacial score (nSPS) is 9.50. The molecule has 0 fully saturated rings. The standard InChI is InChI=1S/C9H11NO2/c1-6-3-9(12-2)8(10)4-7(6)5-11/h3-5H,10H2,1-2H3. The first-order valence-electron chi connectivity index (χ1n) is 3.58. The molecule has 0 aliphatic carbocycles. The molecular weight excluding hydrogens is 154 g/mol. The highest BCUT2D eigenvalue weighted by molar-refractivity contribution is 5.80. The number of ether oxygens (including phenoxy) is 1. The van der Waals surface area contributed by atoms with Crippen LogP contribution < -0.4 is 10.5 Å². The number of methoxy groups -OCH3 is 1. The zero-order chi connectivity index (χ0) is 9.14. The van der Waals surface area contributed by atoms with Gasteiger partial charge in [0.25, 0.3) is 0 Å². The highest BCUT2D eigenvalue weighted by atomic mass is 16.5. The number of aryl methyl sites for hydroxylation is 1. The highest BCUT2D eigenvalue weighted by Crippen LogP contribution is 2.24. The molecule has 1 rings (SSSR count). The summed E-state index contributed by atoms with van der Waals surface area (Å²) in [5.74, 6) is 0.609. The minimum absolute atomic E-state index is 0.491. The molecule has 0 saturated heterocycles. The molecule has 0 spiro atoms. The molecule has 2 N–H and O–H groups in total. The van der Waals surface area contributed by atoms with Crippen LogP contribution in [0.3, 0.4) is 0 Å². The summed E-state index contributed by atoms with van der Waals surface area (Å²) in [5, 5.41) is 0. The van der Waals surface area contributed by atoms with Crippen molar-refractivity contribution in [2.75, 3.05) is 12.8 Å². The van der Waals surface area contributed by atoms with Crippen molar-refractivity contribution in [2.24, 2.45) is 0 Å². The van der Waals surface area contributed by atoms with E-state index >= 15 is 0 Å². The van der Waals surface area contributed by atoms with Crippen LogP contribution in [-0.4, -0.2) is 13.4 Å². The Kier molecular flexibility index (Phi) is 2.33. The van der Waals surface area contributed by atoms with Gasteiger partial charge in [-0.3, -0.25) is 4.79 Å². The molecule has 0 atom stereocenters. The van der Waals surface area contributed by atoms with Gasteiger partial charge in [0.05, 0.1) is 12.8 Å². The van der Waals surface area contributed by atoms with E-state index in [9.17, 15) is 4.79 Å². The quantitative estimate of drug-likeness (QED) is 0.532. The van der Waals surface area contributed by atoms with Gasteiger partial charge in [0.2, 0.25) is 0 Å². The van der Waals surface area contributed by atoms with E-state index in [1.54, 1.807) is 19.2 Å². The first kappa shape index (κ1) is 8.59. The largest absolute Gasteiger partial charge is 0.495 e. The summed E-state index contributed by atoms with van der Waals surface area (Å²) in [4.78, 5) is 10.5. The fourth-order valence-corrected chi connectivity index (χ4v) is 1.02. The van der Waals surface area contributed by atoms with Crippen molar-refractivity contribution in [1.82, 2.24) is 0 Å². The third-order valence-electron chi connectivity index (χ3n) is 1.75. The van der Waals surface area contributed by atoms with Crippen LogP contribution in [0.2, 0.25) is 0 Å². The van der Waals surface area contributed by atoms with E-state index in [0.717, 1.165) is 11.8 Å². The Hall–Kier alpha value is -1.51. The monoisotopic (exact) mass is 165 g/mol. The van der Waals surface area contributed by atoms with Crippen molar-refractivity contribution in [3.8, 4) is 5.75 Å². The van der Waals surface area contributed by atoms with E-state index in [1.165, 1.54) is 0 Å². The first-order chi connectivity index (χ1) is 5.69. The van der Waals surface area contributed by atoms with Crippen LogP contribution >= 0.6 is 0 Å². The van der Waals surface area contributed by atoms with E-state index in [0.29, 0.717) is 17.0 Å². The smallest absolute Gasteiger partial charge is 0.150 e. The first-order valence-corrected chi connectivity index (χ1v) is 3.58. The molecule has 1 aromatic rings. The van der Waals surface area contributed by atoms with Crippen LogP contribution in [0, 0.1) is 6.92 Å². The van der Waals surface area contributed by atoms with Crippen molar-refractivity contribution < 1.29 is 9.53 Å². The number of hydrogen-bond donors (Lipinski definition) is 1. The third kappa shape index (κ3) is 1.39. The Morgan fingerprint density at radius 3 is 2.67 bits per heavy atom. The second kappa shape index (κ2) is 3.26. The molecular formula is C9H11NO2. The van der Waals surface area contributed by atoms with Crippen molar-refractivity contribution in [3.63, 3.8) is 0 Å². The number of nitrogen functional groups attached to an aromatic ring is 1. The second-order valence-corrected chi connectivity index (χ2v) is 2.57. The molecule has 0 bridgehead atoms. The molecule has 12 heavy (non-hydrogen) atoms. The molecule has 0 aliphatic rings. The van der Waals surface area contributed by atoms with Crippen molar-refractivity contribution in [2.45, 2.75) is 6.92 Å². The van der Waals surface area contributed by atoms with Crippen LogP contribution in [-0.2, 0) is 0 Å². The van der Waals surface area contributed by atoms with E-state index in [-0.39, 0.29) is 0 Å². The molecule has 0 unspecified atom stereocenters. The topological polar surface area (TPSA) is 52.3 Å². The molecule has 0 aromatic heterocycles. The summed E-state index contributed by atoms with van der Waals surface area (Å²) in [6, 6.07) is 3.36. The van der Waals surface area contributed by atoms with Crippen LogP contribution in [0.15, 0.2) is 12.1 Å². The van der Waals surface area contributed by atoms with E-state index in [1.807, 2.05) is 6.92 Å². The number of anilines is 1. The number of nitrogens with two attached hydrogens (primary N) is 1. The van der Waals surface area contributed by atoms with Gasteiger partial charge in [0.15, 0.2) is 0 Å². The summed E-state index contributed by atoms with van der Waals surface area (Å²) < 4.78 is 4.98. The van der Waals surface area contributed by atoms with E-state index in [2.05, 4.69) is 0 Å². The van der Waals surface area contributed by atoms with Crippen LogP contribution in [0.5, 0.6) is 5.75 Å². The van der Waals surface area contributed by atoms with Crippen LogP contribution in [0.1, 0.15) is 15.9 Å². The highest BCUT2D eigenvalue weighted by Gasteiger charge is 2.03. The summed E-state index contributed by atoms with van der Waals surface area (Å²) >= 11 is 0. The summed E-state index contributed by atoms with van der Waals surface area (Å²) in [7, 11) is 1.55. The lowest BCUT2D eigenvalue weighted by atomic mass is 10.1. The van der Waals surface area contributed by atoms with Crippen LogP contribution in [0.25, 0.3) is 0 Å². The number of hydrogen-bond acceptors (Lipinski definition) is 3.